The fourth-order valence-corrected chi connectivity index (χ4v) is 19.6. The molecule has 38 nitrogen and oxygen atoms in total. The van der Waals surface area contributed by atoms with Crippen molar-refractivity contribution in [3.63, 3.8) is 0 Å². The lowest BCUT2D eigenvalue weighted by Gasteiger charge is -2.62. The average Bonchev–Trinajstić information content (AvgIpc) is 1.44. The van der Waals surface area contributed by atoms with Crippen molar-refractivity contribution in [1.82, 2.24) is 87.7 Å². The molecule has 5 aliphatic rings. The van der Waals surface area contributed by atoms with Gasteiger partial charge in [-0.2, -0.15) is 11.8 Å². The molecule has 39 heteroatoms. The number of imidazole rings is 1. The molecular formula is C83H129N19O19S. The number of amides is 12. The summed E-state index contributed by atoms with van der Waals surface area (Å²) >= 11 is 1.46. The van der Waals surface area contributed by atoms with Crippen molar-refractivity contribution in [3.8, 4) is 0 Å². The third kappa shape index (κ3) is 28.4. The number of aromatic amines is 2. The molecule has 4 saturated carbocycles. The van der Waals surface area contributed by atoms with Gasteiger partial charge in [0.1, 0.15) is 42.3 Å². The number of hydrogen-bond donors (Lipinski definition) is 18. The number of nitrogens with two attached hydrogens (primary N) is 2. The fraction of sp³-hybridized carbons (Fsp3) is 0.687. The topological polar surface area (TPSA) is 567 Å². The minimum atomic E-state index is -1.39. The first-order valence-electron chi connectivity index (χ1n) is 42.6. The maximum Gasteiger partial charge on any atom is 0.317 e. The summed E-state index contributed by atoms with van der Waals surface area (Å²) in [4.78, 5) is 215. The average molecular weight is 1730 g/mol. The van der Waals surface area contributed by atoms with Gasteiger partial charge >= 0.3 is 17.9 Å². The number of carboxylic acid groups (broad SMARTS) is 3. The van der Waals surface area contributed by atoms with Crippen LogP contribution in [0.3, 0.4) is 0 Å². The number of fused-ring (bicyclic) bond motifs is 6. The number of H-pyrrole nitrogens is 2. The van der Waals surface area contributed by atoms with Gasteiger partial charge < -0.3 is 95.0 Å². The van der Waals surface area contributed by atoms with Crippen LogP contribution in [0.25, 0.3) is 10.9 Å². The van der Waals surface area contributed by atoms with E-state index in [1.807, 2.05) is 38.3 Å². The quantitative estimate of drug-likeness (QED) is 0.0320. The minimum Gasteiger partial charge on any atom is -0.480 e. The van der Waals surface area contributed by atoms with Gasteiger partial charge in [0.05, 0.1) is 51.7 Å². The van der Waals surface area contributed by atoms with Crippen molar-refractivity contribution >= 4 is 111 Å². The minimum absolute atomic E-state index is 0.0127. The molecule has 1 aromatic carbocycles. The maximum absolute atomic E-state index is 14.6. The number of nitrogens with zero attached hydrogens (tertiary/aromatic N) is 5. The Bertz CT molecular complexity index is 4100. The second-order valence-corrected chi connectivity index (χ2v) is 35.8. The van der Waals surface area contributed by atoms with Crippen LogP contribution in [0, 0.1) is 52.3 Å². The molecule has 676 valence electrons. The van der Waals surface area contributed by atoms with E-state index >= 15 is 0 Å². The van der Waals surface area contributed by atoms with E-state index in [2.05, 4.69) is 88.9 Å². The molecule has 8 rings (SSSR count). The Morgan fingerprint density at radius 1 is 0.557 bits per heavy atom. The largest absolute Gasteiger partial charge is 0.480 e. The molecule has 4 aliphatic carbocycles. The Morgan fingerprint density at radius 2 is 1.11 bits per heavy atom. The van der Waals surface area contributed by atoms with Crippen LogP contribution in [0.15, 0.2) is 43.0 Å². The lowest BCUT2D eigenvalue weighted by Crippen LogP contribution is -2.59. The third-order valence-electron chi connectivity index (χ3n) is 25.8. The second kappa shape index (κ2) is 46.1. The number of aliphatic hydroxyl groups is 1. The molecule has 122 heavy (non-hydrogen) atoms. The van der Waals surface area contributed by atoms with E-state index in [4.69, 9.17) is 11.5 Å². The molecule has 2 aromatic heterocycles. The van der Waals surface area contributed by atoms with Crippen molar-refractivity contribution in [2.45, 2.75) is 206 Å². The van der Waals surface area contributed by atoms with E-state index in [9.17, 15) is 92.3 Å². The summed E-state index contributed by atoms with van der Waals surface area (Å²) in [5.74, 6) is -9.97. The first-order chi connectivity index (χ1) is 57.8. The number of rotatable bonds is 43. The number of carbonyl (C=O) groups is 15. The number of aliphatic hydroxyl groups excluding tert-OH is 1. The fourth-order valence-electron chi connectivity index (χ4n) is 19.1. The van der Waals surface area contributed by atoms with Crippen LogP contribution in [0.5, 0.6) is 0 Å². The highest BCUT2D eigenvalue weighted by Crippen LogP contribution is 2.68. The summed E-state index contributed by atoms with van der Waals surface area (Å²) in [5.41, 5.74) is 12.4. The highest BCUT2D eigenvalue weighted by molar-refractivity contribution is 7.98. The molecule has 3 aromatic rings. The van der Waals surface area contributed by atoms with Crippen LogP contribution in [0.1, 0.15) is 150 Å². The molecule has 5 fully saturated rings. The lowest BCUT2D eigenvalue weighted by molar-refractivity contribution is -0.170. The van der Waals surface area contributed by atoms with E-state index in [1.165, 1.54) is 38.1 Å². The Hall–Kier alpha value is -9.83. The zero-order valence-electron chi connectivity index (χ0n) is 71.4. The molecule has 0 bridgehead atoms. The van der Waals surface area contributed by atoms with Gasteiger partial charge in [0.15, 0.2) is 0 Å². The zero-order chi connectivity index (χ0) is 89.3. The van der Waals surface area contributed by atoms with Crippen molar-refractivity contribution < 1.29 is 92.3 Å². The predicted octanol–water partition coefficient (Wildman–Crippen LogP) is -1.10. The Labute approximate surface area is 715 Å². The highest BCUT2D eigenvalue weighted by atomic mass is 32.2. The molecule has 0 spiro atoms. The molecule has 0 radical (unpaired) electrons. The standard InChI is InChI=1S/C83H129N19O19S/c1-47(2)33-63(80(120)96-61(75(85)115)22-32-122-8)97-81(121)65(36-54-39-86-46-90-54)95-70(107)41-89-76(116)49(4)91-77(117)50(5)92-79(119)64(34-51-38-87-60-12-10-9-11-55(51)60)98-78(118)62(18-19-67(84)104)94-68(105)20-13-48(3)57-16-17-58-56-15-14-52-35-53(21-23-82(52,6)59(56)37-66(103)83(57,58)7)93-69(106)40-88-71(108)42-99-24-26-100(43-72(109)110)28-30-102(45-74(113)114)31-29-101(27-25-99)44-73(111)112/h9-12,38-39,46-50,52-53,56-59,61-66,87,103H,13-37,40-45H2,1-8H3,(H2,84,104)(H2,85,115)(H,86,90)(H,88,108)(H,89,116)(H,91,117)(H,92,119)(H,93,106)(H,94,105)(H,95,107)(H,96,120)(H,97,121)(H,98,118)(H,109,110)(H,111,112)(H,113,114)/t48-,49+,50+,52-,53+,56?,57-,58?,59?,61+,62+,63+,64+,65+,66+,82+,83-/m1/s1. The number of nitrogens with one attached hydrogen (secondary N) is 12. The van der Waals surface area contributed by atoms with E-state index in [0.29, 0.717) is 42.2 Å². The highest BCUT2D eigenvalue weighted by Gasteiger charge is 2.64. The van der Waals surface area contributed by atoms with Gasteiger partial charge in [0.25, 0.3) is 0 Å². The Kier molecular flexibility index (Phi) is 36.8. The zero-order valence-corrected chi connectivity index (χ0v) is 72.2. The summed E-state index contributed by atoms with van der Waals surface area (Å²) in [6, 6.07) is -1.67. The molecule has 1 aliphatic heterocycles. The number of hydrogen-bond acceptors (Lipinski definition) is 22. The summed E-state index contributed by atoms with van der Waals surface area (Å²) in [7, 11) is 0. The van der Waals surface area contributed by atoms with Crippen molar-refractivity contribution in [1.29, 1.82) is 0 Å². The summed E-state index contributed by atoms with van der Waals surface area (Å²) in [6.07, 6.45) is 12.3. The molecule has 3 heterocycles. The number of aromatic nitrogens is 3. The van der Waals surface area contributed by atoms with E-state index in [1.54, 1.807) is 31.9 Å². The van der Waals surface area contributed by atoms with Crippen molar-refractivity contribution in [3.05, 3.63) is 54.2 Å². The molecule has 20 N–H and O–H groups in total. The van der Waals surface area contributed by atoms with E-state index in [0.717, 1.165) is 49.4 Å². The van der Waals surface area contributed by atoms with Crippen molar-refractivity contribution in [2.75, 3.05) is 104 Å². The first-order valence-corrected chi connectivity index (χ1v) is 44.0. The maximum atomic E-state index is 14.6. The van der Waals surface area contributed by atoms with Gasteiger partial charge in [-0.25, -0.2) is 4.98 Å². The Morgan fingerprint density at radius 3 is 1.71 bits per heavy atom. The number of benzene rings is 1. The number of carboxylic acids is 3. The van der Waals surface area contributed by atoms with Crippen LogP contribution in [-0.2, 0) is 84.8 Å². The second-order valence-electron chi connectivity index (χ2n) is 34.8. The number of primary amides is 2. The number of aliphatic carboxylic acids is 3. The van der Waals surface area contributed by atoms with Gasteiger partial charge in [-0.15, -0.1) is 0 Å². The normalized spacial score (nSPS) is 24.3. The predicted molar refractivity (Wildman–Crippen MR) is 451 cm³/mol. The lowest BCUT2D eigenvalue weighted by atomic mass is 9.43. The summed E-state index contributed by atoms with van der Waals surface area (Å²) in [6.45, 7) is 12.9. The number of para-hydroxylation sites is 1. The van der Waals surface area contributed by atoms with Gasteiger partial charge in [-0.3, -0.25) is 91.5 Å². The molecule has 3 unspecified atom stereocenters. The Balaban J connectivity index is 0.823. The molecule has 17 atom stereocenters. The van der Waals surface area contributed by atoms with Crippen LogP contribution in [0.4, 0.5) is 0 Å². The molecule has 12 amide bonds. The number of thioether (sulfide) groups is 1. The van der Waals surface area contributed by atoms with E-state index in [-0.39, 0.29) is 183 Å². The van der Waals surface area contributed by atoms with E-state index < -0.39 is 143 Å². The first kappa shape index (κ1) is 97.6. The van der Waals surface area contributed by atoms with Crippen LogP contribution in [-0.4, -0.2) is 302 Å². The monoisotopic (exact) mass is 1730 g/mol. The van der Waals surface area contributed by atoms with Gasteiger partial charge in [0.2, 0.25) is 70.9 Å². The smallest absolute Gasteiger partial charge is 0.317 e. The molecule has 1 saturated heterocycles. The van der Waals surface area contributed by atoms with Crippen LogP contribution in [0.2, 0.25) is 0 Å². The molecular weight excluding hydrogens is 1600 g/mol. The van der Waals surface area contributed by atoms with Gasteiger partial charge in [-0.1, -0.05) is 52.8 Å². The van der Waals surface area contributed by atoms with Crippen LogP contribution < -0.4 is 64.6 Å². The SMILES string of the molecule is CSCC[C@H](NC(=O)[C@H](CC(C)C)NC(=O)[C@H](Cc1cnc[nH]1)NC(=O)CNC(=O)[C@H](C)NC(=O)[C@H](C)NC(=O)[C@H](Cc1c[nH]c2ccccc12)NC(=O)[C@H](CCC(N)=O)NC(=O)CC[C@@H](C)[C@H]1CCC2C3CC[C@@H]4C[C@@H](NC(=O)CNC(=O)CN5CCN(CC(=O)O)CCN(CC(=O)O)CCN(CC(=O)O)CC5)CC[C@]4(C)C3C[C@H](O)[C@@]21C)C(N)=O. The third-order valence-corrected chi connectivity index (χ3v) is 26.4. The van der Waals surface area contributed by atoms with Crippen LogP contribution >= 0.6 is 11.8 Å². The van der Waals surface area contributed by atoms with Gasteiger partial charge in [-0.05, 0) is 167 Å². The van der Waals surface area contributed by atoms with Crippen molar-refractivity contribution in [2.24, 2.45) is 63.7 Å². The number of carbonyl (C=O) groups excluding carboxylic acids is 12. The summed E-state index contributed by atoms with van der Waals surface area (Å²) in [5, 5.41) is 69.1. The van der Waals surface area contributed by atoms with Gasteiger partial charge in [0, 0.05) is 113 Å². The summed E-state index contributed by atoms with van der Waals surface area (Å²) < 4.78 is 0.